The van der Waals surface area contributed by atoms with Gasteiger partial charge in [-0.15, -0.1) is 0 Å². The van der Waals surface area contributed by atoms with E-state index in [2.05, 4.69) is 12.2 Å². The van der Waals surface area contributed by atoms with Gasteiger partial charge in [-0.3, -0.25) is 9.59 Å². The number of hydrogen-bond acceptors (Lipinski definition) is 3. The molecule has 0 radical (unpaired) electrons. The number of hydrogen-bond donors (Lipinski definition) is 1. The number of anilines is 2. The number of nitrogens with zero attached hydrogens (tertiary/aromatic N) is 1. The zero-order chi connectivity index (χ0) is 17.3. The van der Waals surface area contributed by atoms with Gasteiger partial charge in [0.1, 0.15) is 6.04 Å². The van der Waals surface area contributed by atoms with Crippen molar-refractivity contribution in [1.29, 1.82) is 0 Å². The van der Waals surface area contributed by atoms with E-state index in [0.717, 1.165) is 28.8 Å². The van der Waals surface area contributed by atoms with E-state index in [0.29, 0.717) is 5.69 Å². The summed E-state index contributed by atoms with van der Waals surface area (Å²) in [6, 6.07) is 13.2. The van der Waals surface area contributed by atoms with Crippen LogP contribution in [-0.2, 0) is 16.0 Å². The highest BCUT2D eigenvalue weighted by molar-refractivity contribution is 6.23. The van der Waals surface area contributed by atoms with Gasteiger partial charge < -0.3 is 5.32 Å². The van der Waals surface area contributed by atoms with Crippen LogP contribution in [0.5, 0.6) is 0 Å². The highest BCUT2D eigenvalue weighted by atomic mass is 16.2. The number of benzene rings is 2. The Bertz CT molecular complexity index is 778. The van der Waals surface area contributed by atoms with Crippen molar-refractivity contribution in [2.75, 3.05) is 10.2 Å². The first-order valence-corrected chi connectivity index (χ1v) is 8.29. The first-order chi connectivity index (χ1) is 11.5. The molecule has 1 heterocycles. The Kier molecular flexibility index (Phi) is 4.38. The number of carbonyl (C=O) groups excluding carboxylic acids is 2. The summed E-state index contributed by atoms with van der Waals surface area (Å²) in [7, 11) is 0. The van der Waals surface area contributed by atoms with Gasteiger partial charge in [0.2, 0.25) is 5.91 Å². The van der Waals surface area contributed by atoms with E-state index in [1.165, 1.54) is 4.90 Å². The number of imide groups is 1. The minimum Gasteiger partial charge on any atom is -0.373 e. The molecule has 0 spiro atoms. The van der Waals surface area contributed by atoms with Crippen LogP contribution in [0.2, 0.25) is 0 Å². The lowest BCUT2D eigenvalue weighted by atomic mass is 10.1. The summed E-state index contributed by atoms with van der Waals surface area (Å²) >= 11 is 0. The summed E-state index contributed by atoms with van der Waals surface area (Å²) < 4.78 is 0. The van der Waals surface area contributed by atoms with Crippen LogP contribution in [0.3, 0.4) is 0 Å². The Hall–Kier alpha value is -2.62. The number of rotatable bonds is 4. The third kappa shape index (κ3) is 3.04. The van der Waals surface area contributed by atoms with Crippen molar-refractivity contribution in [3.63, 3.8) is 0 Å². The smallest absolute Gasteiger partial charge is 0.256 e. The molecule has 124 valence electrons. The van der Waals surface area contributed by atoms with Gasteiger partial charge in [-0.2, -0.15) is 0 Å². The molecule has 0 saturated carbocycles. The maximum absolute atomic E-state index is 12.8. The van der Waals surface area contributed by atoms with Crippen LogP contribution in [0, 0.1) is 13.8 Å². The molecule has 3 rings (SSSR count). The molecular formula is C20H22N2O2. The fraction of sp³-hybridized carbons (Fsp3) is 0.300. The molecule has 24 heavy (non-hydrogen) atoms. The van der Waals surface area contributed by atoms with E-state index in [9.17, 15) is 9.59 Å². The van der Waals surface area contributed by atoms with Gasteiger partial charge in [0.25, 0.3) is 5.91 Å². The predicted molar refractivity (Wildman–Crippen MR) is 96.3 cm³/mol. The molecule has 1 fully saturated rings. The molecule has 4 heteroatoms. The number of carbonyl (C=O) groups is 2. The van der Waals surface area contributed by atoms with Crippen LogP contribution in [0.1, 0.15) is 30.0 Å². The van der Waals surface area contributed by atoms with E-state index in [1.807, 2.05) is 56.3 Å². The SMILES string of the molecule is CCc1ccccc1NC1CC(=O)N(c2cc(C)cc(C)c2)C1=O. The highest BCUT2D eigenvalue weighted by Gasteiger charge is 2.39. The topological polar surface area (TPSA) is 49.4 Å². The molecule has 0 bridgehead atoms. The van der Waals surface area contributed by atoms with Gasteiger partial charge in [-0.25, -0.2) is 4.90 Å². The largest absolute Gasteiger partial charge is 0.373 e. The normalized spacial score (nSPS) is 17.5. The number of nitrogens with one attached hydrogen (secondary N) is 1. The second kappa shape index (κ2) is 6.48. The summed E-state index contributed by atoms with van der Waals surface area (Å²) in [6.45, 7) is 6.01. The predicted octanol–water partition coefficient (Wildman–Crippen LogP) is 3.61. The fourth-order valence-corrected chi connectivity index (χ4v) is 3.25. The van der Waals surface area contributed by atoms with Gasteiger partial charge in [-0.05, 0) is 55.2 Å². The second-order valence-electron chi connectivity index (χ2n) is 6.33. The number of para-hydroxylation sites is 1. The molecule has 1 atom stereocenters. The summed E-state index contributed by atoms with van der Waals surface area (Å²) in [5, 5.41) is 3.26. The maximum atomic E-state index is 12.8. The van der Waals surface area contributed by atoms with Crippen molar-refractivity contribution in [2.45, 2.75) is 39.7 Å². The molecule has 2 aromatic carbocycles. The zero-order valence-corrected chi connectivity index (χ0v) is 14.3. The van der Waals surface area contributed by atoms with Gasteiger partial charge in [0.05, 0.1) is 12.1 Å². The van der Waals surface area contributed by atoms with E-state index < -0.39 is 6.04 Å². The Morgan fingerprint density at radius 3 is 2.42 bits per heavy atom. The zero-order valence-electron chi connectivity index (χ0n) is 14.3. The molecule has 4 nitrogen and oxygen atoms in total. The van der Waals surface area contributed by atoms with E-state index in [-0.39, 0.29) is 18.2 Å². The quantitative estimate of drug-likeness (QED) is 0.875. The average molecular weight is 322 g/mol. The second-order valence-corrected chi connectivity index (χ2v) is 6.33. The van der Waals surface area contributed by atoms with Crippen molar-refractivity contribution in [2.24, 2.45) is 0 Å². The molecule has 2 aromatic rings. The lowest BCUT2D eigenvalue weighted by molar-refractivity contribution is -0.121. The monoisotopic (exact) mass is 322 g/mol. The lowest BCUT2D eigenvalue weighted by Crippen LogP contribution is -2.35. The van der Waals surface area contributed by atoms with Crippen LogP contribution in [0.15, 0.2) is 42.5 Å². The maximum Gasteiger partial charge on any atom is 0.256 e. The van der Waals surface area contributed by atoms with Crippen molar-refractivity contribution in [3.05, 3.63) is 59.2 Å². The summed E-state index contributed by atoms with van der Waals surface area (Å²) in [5.74, 6) is -0.340. The lowest BCUT2D eigenvalue weighted by Gasteiger charge is -2.18. The van der Waals surface area contributed by atoms with Gasteiger partial charge in [0.15, 0.2) is 0 Å². The molecule has 1 N–H and O–H groups in total. The number of aryl methyl sites for hydroxylation is 3. The molecule has 2 amide bonds. The fourth-order valence-electron chi connectivity index (χ4n) is 3.25. The molecule has 1 aliphatic heterocycles. The standard InChI is InChI=1S/C20H22N2O2/c1-4-15-7-5-6-8-17(15)21-18-12-19(23)22(20(18)24)16-10-13(2)9-14(3)11-16/h5-11,18,21H,4,12H2,1-3H3. The molecular weight excluding hydrogens is 300 g/mol. The third-order valence-corrected chi connectivity index (χ3v) is 4.34. The van der Waals surface area contributed by atoms with Crippen LogP contribution in [0.4, 0.5) is 11.4 Å². The van der Waals surface area contributed by atoms with Crippen LogP contribution < -0.4 is 10.2 Å². The van der Waals surface area contributed by atoms with Crippen molar-refractivity contribution in [3.8, 4) is 0 Å². The molecule has 1 aliphatic rings. The summed E-state index contributed by atoms with van der Waals surface area (Å²) in [4.78, 5) is 26.5. The molecule has 1 unspecified atom stereocenters. The molecule has 0 aromatic heterocycles. The molecule has 1 saturated heterocycles. The highest BCUT2D eigenvalue weighted by Crippen LogP contribution is 2.27. The summed E-state index contributed by atoms with van der Waals surface area (Å²) in [6.07, 6.45) is 1.06. The average Bonchev–Trinajstić information content (AvgIpc) is 2.81. The van der Waals surface area contributed by atoms with Crippen molar-refractivity contribution >= 4 is 23.2 Å². The Balaban J connectivity index is 1.86. The molecule has 0 aliphatic carbocycles. The van der Waals surface area contributed by atoms with Crippen LogP contribution in [0.25, 0.3) is 0 Å². The van der Waals surface area contributed by atoms with Crippen molar-refractivity contribution in [1.82, 2.24) is 0 Å². The Morgan fingerprint density at radius 2 is 1.75 bits per heavy atom. The van der Waals surface area contributed by atoms with E-state index in [1.54, 1.807) is 0 Å². The van der Waals surface area contributed by atoms with Crippen LogP contribution in [-0.4, -0.2) is 17.9 Å². The van der Waals surface area contributed by atoms with Gasteiger partial charge in [0, 0.05) is 5.69 Å². The summed E-state index contributed by atoms with van der Waals surface area (Å²) in [5.41, 5.74) is 4.81. The van der Waals surface area contributed by atoms with Crippen molar-refractivity contribution < 1.29 is 9.59 Å². The minimum absolute atomic E-state index is 0.156. The van der Waals surface area contributed by atoms with Gasteiger partial charge in [-0.1, -0.05) is 31.2 Å². The third-order valence-electron chi connectivity index (χ3n) is 4.34. The first-order valence-electron chi connectivity index (χ1n) is 8.29. The van der Waals surface area contributed by atoms with Gasteiger partial charge >= 0.3 is 0 Å². The van der Waals surface area contributed by atoms with E-state index in [4.69, 9.17) is 0 Å². The van der Waals surface area contributed by atoms with E-state index >= 15 is 0 Å². The number of amides is 2. The Labute approximate surface area is 142 Å². The van der Waals surface area contributed by atoms with Crippen LogP contribution >= 0.6 is 0 Å². The minimum atomic E-state index is -0.508. The first kappa shape index (κ1) is 16.2. The Morgan fingerprint density at radius 1 is 1.08 bits per heavy atom.